The van der Waals surface area contributed by atoms with Crippen LogP contribution in [0.5, 0.6) is 0 Å². The molecule has 1 aromatic carbocycles. The molecule has 0 amide bonds. The summed E-state index contributed by atoms with van der Waals surface area (Å²) in [4.78, 5) is 3.26. The van der Waals surface area contributed by atoms with Gasteiger partial charge >= 0.3 is 0 Å². The normalized spacial score (nSPS) is 15.4. The van der Waals surface area contributed by atoms with E-state index >= 15 is 0 Å². The molecule has 108 valence electrons. The van der Waals surface area contributed by atoms with Crippen LogP contribution < -0.4 is 15.4 Å². The number of hydrogen-bond acceptors (Lipinski definition) is 0. The molecule has 1 heterocycles. The molecule has 0 aliphatic heterocycles. The molecular weight excluding hydrogens is 254 g/mol. The van der Waals surface area contributed by atoms with Crippen molar-refractivity contribution in [3.63, 3.8) is 0 Å². The molecule has 0 unspecified atom stereocenters. The summed E-state index contributed by atoms with van der Waals surface area (Å²) >= 11 is 0. The third-order valence-corrected chi connectivity index (χ3v) is 4.19. The van der Waals surface area contributed by atoms with Gasteiger partial charge in [0.25, 0.3) is 0 Å². The van der Waals surface area contributed by atoms with E-state index < -0.39 is 0 Å². The van der Waals surface area contributed by atoms with Gasteiger partial charge in [-0.1, -0.05) is 44.6 Å². The van der Waals surface area contributed by atoms with Crippen LogP contribution >= 0.6 is 0 Å². The quantitative estimate of drug-likeness (QED) is 0.749. The monoisotopic (exact) mass is 276 g/mol. The molecule has 21 heavy (non-hydrogen) atoms. The lowest BCUT2D eigenvalue weighted by Crippen LogP contribution is -2.24. The topological polar surface area (TPSA) is 14.1 Å². The molecule has 0 radical (unpaired) electrons. The average Bonchev–Trinajstić information content (AvgIpc) is 2.98. The summed E-state index contributed by atoms with van der Waals surface area (Å²) in [5.41, 5.74) is 6.61. The van der Waals surface area contributed by atoms with E-state index in [0.29, 0.717) is 5.92 Å². The second-order valence-electron chi connectivity index (χ2n) is 6.16. The molecule has 2 aromatic rings. The van der Waals surface area contributed by atoms with Crippen LogP contribution in [-0.2, 0) is 0 Å². The van der Waals surface area contributed by atoms with E-state index in [9.17, 15) is 0 Å². The van der Waals surface area contributed by atoms with Gasteiger partial charge in [-0.3, -0.25) is 0 Å². The third-order valence-electron chi connectivity index (χ3n) is 4.19. The number of rotatable bonds is 2. The highest BCUT2D eigenvalue weighted by molar-refractivity contribution is 5.72. The molecule has 0 bridgehead atoms. The van der Waals surface area contributed by atoms with Gasteiger partial charge in [-0.25, -0.2) is 5.22 Å². The molecule has 1 aliphatic rings. The molecule has 0 saturated carbocycles. The predicted molar refractivity (Wildman–Crippen MR) is 89.2 cm³/mol. The maximum atomic E-state index is 3.26. The highest BCUT2D eigenvalue weighted by atomic mass is 14.7. The lowest BCUT2D eigenvalue weighted by Gasteiger charge is -2.08. The smallest absolute Gasteiger partial charge is 0.0732 e. The molecule has 1 aliphatic carbocycles. The molecule has 0 saturated heterocycles. The number of aryl methyl sites for hydroxylation is 1. The molecule has 0 atom stereocenters. The highest BCUT2D eigenvalue weighted by Crippen LogP contribution is 2.20. The van der Waals surface area contributed by atoms with Crippen LogP contribution in [0.2, 0.25) is 0 Å². The molecule has 1 heteroatoms. The molecular formula is C20H22N-. The zero-order valence-corrected chi connectivity index (χ0v) is 13.2. The third kappa shape index (κ3) is 2.56. The number of allylic oxidation sites excluding steroid dienone is 3. The maximum absolute atomic E-state index is 3.26. The van der Waals surface area contributed by atoms with Crippen molar-refractivity contribution in [2.24, 2.45) is 5.92 Å². The highest BCUT2D eigenvalue weighted by Gasteiger charge is 2.03. The maximum Gasteiger partial charge on any atom is 0.0732 e. The fraction of sp³-hybridized carbons (Fsp3) is 0.250. The number of nitrogens with one attached hydrogen (secondary N) is 1. The lowest BCUT2D eigenvalue weighted by molar-refractivity contribution is -0.376. The number of fused-ring (bicyclic) bond motifs is 1. The van der Waals surface area contributed by atoms with Gasteiger partial charge in [0.1, 0.15) is 0 Å². The fourth-order valence-electron chi connectivity index (χ4n) is 2.96. The first-order valence-corrected chi connectivity index (χ1v) is 7.58. The Kier molecular flexibility index (Phi) is 3.50. The van der Waals surface area contributed by atoms with Gasteiger partial charge in [-0.15, -0.1) is 34.9 Å². The van der Waals surface area contributed by atoms with Crippen LogP contribution in [0.15, 0.2) is 42.1 Å². The van der Waals surface area contributed by atoms with Crippen molar-refractivity contribution in [2.75, 3.05) is 0 Å². The number of hydrogen-bond donors (Lipinski definition) is 0. The largest absolute Gasteiger partial charge is 0.308 e. The zero-order valence-electron chi connectivity index (χ0n) is 13.2. The van der Waals surface area contributed by atoms with Crippen molar-refractivity contribution in [3.05, 3.63) is 69.4 Å². The second kappa shape index (κ2) is 5.33. The van der Waals surface area contributed by atoms with Crippen molar-refractivity contribution in [3.8, 4) is 0 Å². The minimum atomic E-state index is 0.546. The molecule has 1 nitrogen and oxygen atoms in total. The second-order valence-corrected chi connectivity index (χ2v) is 6.16. The Balaban J connectivity index is 2.31. The number of aromatic nitrogens is 1. The van der Waals surface area contributed by atoms with Crippen molar-refractivity contribution >= 4 is 17.7 Å². The van der Waals surface area contributed by atoms with Gasteiger partial charge < -0.3 is 4.98 Å². The summed E-state index contributed by atoms with van der Waals surface area (Å²) in [7, 11) is 0. The SMILES string of the molecule is CC1=c2c(c(C)[cH-]/c2=C\[c-]2ccc[nH+]2)C=C(C(C)C)C=C1. The van der Waals surface area contributed by atoms with E-state index in [1.54, 1.807) is 0 Å². The van der Waals surface area contributed by atoms with E-state index in [4.69, 9.17) is 0 Å². The van der Waals surface area contributed by atoms with Crippen molar-refractivity contribution in [1.29, 1.82) is 0 Å². The van der Waals surface area contributed by atoms with Gasteiger partial charge in [0, 0.05) is 0 Å². The van der Waals surface area contributed by atoms with E-state index in [1.807, 2.05) is 12.3 Å². The van der Waals surface area contributed by atoms with Gasteiger partial charge in [0.05, 0.1) is 11.9 Å². The molecule has 1 N–H and O–H groups in total. The first-order valence-electron chi connectivity index (χ1n) is 7.58. The first-order chi connectivity index (χ1) is 10.1. The summed E-state index contributed by atoms with van der Waals surface area (Å²) < 4.78 is 0. The predicted octanol–water partition coefficient (Wildman–Crippen LogP) is 2.86. The molecule has 1 aromatic heterocycles. The Bertz CT molecular complexity index is 821. The number of aromatic amines is 1. The summed E-state index contributed by atoms with van der Waals surface area (Å²) in [5.74, 6) is 0.546. The van der Waals surface area contributed by atoms with Crippen LogP contribution in [0, 0.1) is 12.8 Å². The summed E-state index contributed by atoms with van der Waals surface area (Å²) in [5, 5.41) is 2.67. The van der Waals surface area contributed by atoms with E-state index in [1.165, 1.54) is 32.7 Å². The van der Waals surface area contributed by atoms with Crippen LogP contribution in [0.3, 0.4) is 0 Å². The van der Waals surface area contributed by atoms with Crippen molar-refractivity contribution in [2.45, 2.75) is 27.7 Å². The molecule has 3 rings (SSSR count). The average molecular weight is 276 g/mol. The van der Waals surface area contributed by atoms with E-state index in [0.717, 1.165) is 5.69 Å². The van der Waals surface area contributed by atoms with Crippen LogP contribution in [0.1, 0.15) is 37.6 Å². The summed E-state index contributed by atoms with van der Waals surface area (Å²) in [6, 6.07) is 6.43. The summed E-state index contributed by atoms with van der Waals surface area (Å²) in [6.07, 6.45) is 11.1. The van der Waals surface area contributed by atoms with E-state index in [-0.39, 0.29) is 0 Å². The Morgan fingerprint density at radius 3 is 2.71 bits per heavy atom. The zero-order chi connectivity index (χ0) is 15.0. The van der Waals surface area contributed by atoms with Crippen LogP contribution in [-0.4, -0.2) is 0 Å². The van der Waals surface area contributed by atoms with Gasteiger partial charge in [-0.05, 0) is 12.8 Å². The van der Waals surface area contributed by atoms with Crippen molar-refractivity contribution < 1.29 is 4.98 Å². The standard InChI is InChI=1S/C20H22N/c1-13(2)16-8-7-14(3)20-17(10-15(4)19(20)12-16)11-18-6-5-9-21-18/h5-13,21H,1-4H3/q-1/b17-11+. The van der Waals surface area contributed by atoms with Crippen LogP contribution in [0.4, 0.5) is 0 Å². The Labute approximate surface area is 126 Å². The first kappa shape index (κ1) is 13.8. The molecule has 0 fully saturated rings. The minimum absolute atomic E-state index is 0.546. The Morgan fingerprint density at radius 1 is 1.24 bits per heavy atom. The van der Waals surface area contributed by atoms with Gasteiger partial charge in [-0.2, -0.15) is 11.3 Å². The number of H-pyrrole nitrogens is 1. The fourth-order valence-corrected chi connectivity index (χ4v) is 2.96. The Hall–Kier alpha value is -2.15. The Morgan fingerprint density at radius 2 is 2.05 bits per heavy atom. The lowest BCUT2D eigenvalue weighted by atomic mass is 10.0. The minimum Gasteiger partial charge on any atom is -0.308 e. The van der Waals surface area contributed by atoms with Crippen LogP contribution in [0.25, 0.3) is 17.7 Å². The van der Waals surface area contributed by atoms with Gasteiger partial charge in [0.2, 0.25) is 0 Å². The van der Waals surface area contributed by atoms with E-state index in [2.05, 4.69) is 69.1 Å². The summed E-state index contributed by atoms with van der Waals surface area (Å²) in [6.45, 7) is 8.91. The molecule has 0 spiro atoms. The van der Waals surface area contributed by atoms with Crippen molar-refractivity contribution in [1.82, 2.24) is 0 Å². The van der Waals surface area contributed by atoms with Gasteiger partial charge in [0.15, 0.2) is 0 Å².